The zero-order valence-corrected chi connectivity index (χ0v) is 28.3. The van der Waals surface area contributed by atoms with Gasteiger partial charge >= 0.3 is 0 Å². The molecule has 9 nitrogen and oxygen atoms in total. The molecule has 252 valence electrons. The third-order valence-electron chi connectivity index (χ3n) is 10.8. The van der Waals surface area contributed by atoms with Crippen LogP contribution < -0.4 is 15.1 Å². The highest BCUT2D eigenvalue weighted by molar-refractivity contribution is 6.36. The first kappa shape index (κ1) is 32.1. The highest BCUT2D eigenvalue weighted by atomic mass is 35.5. The van der Waals surface area contributed by atoms with E-state index in [9.17, 15) is 19.5 Å². The molecule has 8 rings (SSSR count). The van der Waals surface area contributed by atoms with Gasteiger partial charge in [-0.15, -0.1) is 0 Å². The maximum absolute atomic E-state index is 15.3. The average molecular weight is 709 g/mol. The maximum Gasteiger partial charge on any atom is 0.260 e. The number of anilines is 2. The summed E-state index contributed by atoms with van der Waals surface area (Å²) < 4.78 is 5.45. The molecule has 6 atom stereocenters. The molecule has 6 unspecified atom stereocenters. The molecule has 50 heavy (non-hydrogen) atoms. The van der Waals surface area contributed by atoms with Crippen LogP contribution in [0.3, 0.4) is 0 Å². The van der Waals surface area contributed by atoms with Gasteiger partial charge in [0.05, 0.1) is 46.7 Å². The van der Waals surface area contributed by atoms with Crippen molar-refractivity contribution in [3.63, 3.8) is 0 Å². The Bertz CT molecular complexity index is 2100. The Morgan fingerprint density at radius 3 is 2.30 bits per heavy atom. The van der Waals surface area contributed by atoms with E-state index in [0.717, 1.165) is 10.6 Å². The molecule has 3 fully saturated rings. The van der Waals surface area contributed by atoms with Crippen molar-refractivity contribution in [2.75, 3.05) is 17.4 Å². The number of amides is 4. The summed E-state index contributed by atoms with van der Waals surface area (Å²) >= 11 is 12.7. The average Bonchev–Trinajstić information content (AvgIpc) is 3.50. The van der Waals surface area contributed by atoms with Crippen molar-refractivity contribution in [2.45, 2.75) is 24.2 Å². The van der Waals surface area contributed by atoms with E-state index in [4.69, 9.17) is 27.9 Å². The number of nitrogens with zero attached hydrogens (tertiary/aromatic N) is 2. The third-order valence-corrected chi connectivity index (χ3v) is 11.3. The van der Waals surface area contributed by atoms with Crippen LogP contribution in [0.4, 0.5) is 11.4 Å². The Balaban J connectivity index is 1.33. The summed E-state index contributed by atoms with van der Waals surface area (Å²) in [5.74, 6) is -4.73. The quantitative estimate of drug-likeness (QED) is 0.166. The number of nitrogens with one attached hydrogen (secondary N) is 1. The third kappa shape index (κ3) is 4.67. The first-order valence-electron chi connectivity index (χ1n) is 16.3. The van der Waals surface area contributed by atoms with Crippen molar-refractivity contribution in [1.82, 2.24) is 5.01 Å². The Labute approximate surface area is 298 Å². The SMILES string of the molecule is COc1ccc(C23C(=O)N(Nc4ccc(Cl)cc4Cl)C(=O)C2CC2C(=CCC4C(=O)N(c5ccccc5)C(=O)C42)C3c2cccc(O)c2)cc1. The minimum absolute atomic E-state index is 0.0117. The molecule has 11 heteroatoms. The van der Waals surface area contributed by atoms with Crippen LogP contribution in [0.5, 0.6) is 11.5 Å². The molecule has 4 aromatic carbocycles. The number of carbonyl (C=O) groups is 4. The Kier molecular flexibility index (Phi) is 7.73. The van der Waals surface area contributed by atoms with E-state index in [1.54, 1.807) is 86.0 Å². The van der Waals surface area contributed by atoms with Crippen molar-refractivity contribution < 1.29 is 29.0 Å². The second kappa shape index (κ2) is 12.0. The summed E-state index contributed by atoms with van der Waals surface area (Å²) in [7, 11) is 1.55. The number of phenols is 1. The van der Waals surface area contributed by atoms with Gasteiger partial charge in [-0.3, -0.25) is 29.5 Å². The standard InChI is InChI=1S/C39H31Cl2N3O6/c1-50-26-13-10-22(11-14-26)39-30(36(47)44(38(39)49)42-32-17-12-23(40)19-31(32)41)20-29-27(34(39)21-6-5-9-25(45)18-21)15-16-28-33(29)37(48)43(35(28)46)24-7-3-2-4-8-24/h2-15,17-19,28-30,33-34,42,45H,16,20H2,1H3. The lowest BCUT2D eigenvalue weighted by atomic mass is 9.49. The summed E-state index contributed by atoms with van der Waals surface area (Å²) in [6.45, 7) is 0. The van der Waals surface area contributed by atoms with Crippen LogP contribution >= 0.6 is 23.2 Å². The minimum atomic E-state index is -1.51. The van der Waals surface area contributed by atoms with Crippen LogP contribution in [0.2, 0.25) is 10.0 Å². The number of ether oxygens (including phenoxy) is 1. The lowest BCUT2D eigenvalue weighted by Gasteiger charge is -2.50. The predicted octanol–water partition coefficient (Wildman–Crippen LogP) is 6.90. The summed E-state index contributed by atoms with van der Waals surface area (Å²) in [5, 5.41) is 12.4. The monoisotopic (exact) mass is 707 g/mol. The Morgan fingerprint density at radius 1 is 0.840 bits per heavy atom. The number of halogens is 2. The lowest BCUT2D eigenvalue weighted by molar-refractivity contribution is -0.138. The van der Waals surface area contributed by atoms with Gasteiger partial charge in [0.25, 0.3) is 11.8 Å². The predicted molar refractivity (Wildman–Crippen MR) is 188 cm³/mol. The van der Waals surface area contributed by atoms with Crippen LogP contribution in [-0.4, -0.2) is 40.9 Å². The van der Waals surface area contributed by atoms with E-state index in [2.05, 4.69) is 5.43 Å². The first-order chi connectivity index (χ1) is 24.1. The number of imide groups is 2. The maximum atomic E-state index is 15.3. The number of allylic oxidation sites excluding steroid dienone is 2. The van der Waals surface area contributed by atoms with Gasteiger partial charge < -0.3 is 9.84 Å². The van der Waals surface area contributed by atoms with Gasteiger partial charge in [0, 0.05) is 10.9 Å². The number of hydrazine groups is 1. The molecule has 2 N–H and O–H groups in total. The van der Waals surface area contributed by atoms with Crippen LogP contribution in [0, 0.1) is 23.7 Å². The van der Waals surface area contributed by atoms with Gasteiger partial charge in [0.2, 0.25) is 11.8 Å². The molecule has 2 aliphatic carbocycles. The van der Waals surface area contributed by atoms with Crippen molar-refractivity contribution in [2.24, 2.45) is 23.7 Å². The van der Waals surface area contributed by atoms with Gasteiger partial charge in [0.1, 0.15) is 11.5 Å². The molecule has 1 saturated carbocycles. The van der Waals surface area contributed by atoms with Crippen molar-refractivity contribution in [3.05, 3.63) is 130 Å². The molecule has 4 aromatic rings. The number of hydrogen-bond acceptors (Lipinski definition) is 7. The number of fused-ring (bicyclic) bond motifs is 4. The number of carbonyl (C=O) groups excluding carboxylic acids is 4. The minimum Gasteiger partial charge on any atom is -0.508 e. The molecular formula is C39H31Cl2N3O6. The molecule has 4 amide bonds. The van der Waals surface area contributed by atoms with Crippen molar-refractivity contribution in [1.29, 1.82) is 0 Å². The molecule has 0 spiro atoms. The summed E-state index contributed by atoms with van der Waals surface area (Å²) in [6.07, 6.45) is 2.40. The molecule has 0 aromatic heterocycles. The summed E-state index contributed by atoms with van der Waals surface area (Å²) in [4.78, 5) is 59.6. The van der Waals surface area contributed by atoms with E-state index in [1.807, 2.05) is 18.2 Å². The Hall–Kier alpha value is -5.12. The lowest BCUT2D eigenvalue weighted by Crippen LogP contribution is -2.53. The zero-order chi connectivity index (χ0) is 34.9. The van der Waals surface area contributed by atoms with Crippen LogP contribution in [-0.2, 0) is 24.6 Å². The van der Waals surface area contributed by atoms with E-state index < -0.39 is 46.8 Å². The number of rotatable bonds is 6. The molecule has 0 bridgehead atoms. The van der Waals surface area contributed by atoms with Gasteiger partial charge in [-0.25, -0.2) is 0 Å². The van der Waals surface area contributed by atoms with Gasteiger partial charge in [-0.05, 0) is 84.5 Å². The molecular weight excluding hydrogens is 677 g/mol. The fraction of sp³-hybridized carbons (Fsp3) is 0.231. The largest absolute Gasteiger partial charge is 0.508 e. The van der Waals surface area contributed by atoms with Crippen LogP contribution in [0.1, 0.15) is 29.9 Å². The summed E-state index contributed by atoms with van der Waals surface area (Å²) in [5.41, 5.74) is 4.23. The first-order valence-corrected chi connectivity index (χ1v) is 17.1. The van der Waals surface area contributed by atoms with E-state index >= 15 is 4.79 Å². The number of methoxy groups -OCH3 is 1. The normalized spacial score (nSPS) is 27.1. The number of para-hydroxylation sites is 1. The number of aromatic hydroxyl groups is 1. The smallest absolute Gasteiger partial charge is 0.260 e. The van der Waals surface area contributed by atoms with Crippen LogP contribution in [0.25, 0.3) is 0 Å². The van der Waals surface area contributed by atoms with E-state index in [1.165, 1.54) is 11.0 Å². The van der Waals surface area contributed by atoms with Gasteiger partial charge in [0.15, 0.2) is 0 Å². The van der Waals surface area contributed by atoms with Crippen molar-refractivity contribution >= 4 is 58.2 Å². The van der Waals surface area contributed by atoms with Crippen LogP contribution in [0.15, 0.2) is 109 Å². The molecule has 0 radical (unpaired) electrons. The number of phenolic OH excluding ortho intramolecular Hbond substituents is 1. The second-order valence-corrected chi connectivity index (χ2v) is 14.0. The topological polar surface area (TPSA) is 116 Å². The Morgan fingerprint density at radius 2 is 1.60 bits per heavy atom. The van der Waals surface area contributed by atoms with E-state index in [0.29, 0.717) is 33.3 Å². The van der Waals surface area contributed by atoms with E-state index in [-0.39, 0.29) is 35.4 Å². The molecule has 2 saturated heterocycles. The second-order valence-electron chi connectivity index (χ2n) is 13.2. The van der Waals surface area contributed by atoms with Gasteiger partial charge in [-0.1, -0.05) is 77.3 Å². The molecule has 2 heterocycles. The fourth-order valence-corrected chi connectivity index (χ4v) is 9.21. The molecule has 4 aliphatic rings. The number of hydrogen-bond donors (Lipinski definition) is 2. The zero-order valence-electron chi connectivity index (χ0n) is 26.8. The molecule has 2 aliphatic heterocycles. The fourth-order valence-electron chi connectivity index (χ4n) is 8.75. The highest BCUT2D eigenvalue weighted by Gasteiger charge is 2.70. The number of benzene rings is 4. The highest BCUT2D eigenvalue weighted by Crippen LogP contribution is 2.64. The van der Waals surface area contributed by atoms with Crippen molar-refractivity contribution in [3.8, 4) is 11.5 Å². The van der Waals surface area contributed by atoms with Gasteiger partial charge in [-0.2, -0.15) is 5.01 Å². The summed E-state index contributed by atoms with van der Waals surface area (Å²) in [6, 6.07) is 27.3.